The number of hydrogen-bond acceptors (Lipinski definition) is 1. The van der Waals surface area contributed by atoms with Crippen LogP contribution in [0.1, 0.15) is 36.0 Å². The molecule has 0 saturated heterocycles. The van der Waals surface area contributed by atoms with Crippen molar-refractivity contribution >= 4 is 5.97 Å². The van der Waals surface area contributed by atoms with E-state index in [0.717, 1.165) is 19.3 Å². The zero-order valence-electron chi connectivity index (χ0n) is 9.71. The van der Waals surface area contributed by atoms with Crippen LogP contribution in [0.25, 0.3) is 0 Å². The van der Waals surface area contributed by atoms with Crippen LogP contribution < -0.4 is 0 Å². The quantitative estimate of drug-likeness (QED) is 0.825. The van der Waals surface area contributed by atoms with Crippen molar-refractivity contribution in [3.05, 3.63) is 34.9 Å². The highest BCUT2D eigenvalue weighted by Gasteiger charge is 2.72. The second-order valence-electron chi connectivity index (χ2n) is 5.64. The number of aryl methyl sites for hydroxylation is 1. The first kappa shape index (κ1) is 9.88. The Hall–Kier alpha value is -1.31. The fourth-order valence-electron chi connectivity index (χ4n) is 3.63. The molecule has 3 aliphatic carbocycles. The lowest BCUT2D eigenvalue weighted by Crippen LogP contribution is -2.68. The van der Waals surface area contributed by atoms with Gasteiger partial charge in [-0.2, -0.15) is 0 Å². The molecule has 3 saturated carbocycles. The summed E-state index contributed by atoms with van der Waals surface area (Å²) in [5, 5.41) is 9.12. The second-order valence-corrected chi connectivity index (χ2v) is 5.64. The Bertz CT molecular complexity index is 468. The van der Waals surface area contributed by atoms with Crippen molar-refractivity contribution in [3.8, 4) is 0 Å². The highest BCUT2D eigenvalue weighted by atomic mass is 16.4. The average Bonchev–Trinajstić information content (AvgIpc) is 2.07. The minimum Gasteiger partial charge on any atom is -0.481 e. The zero-order valence-corrected chi connectivity index (χ0v) is 9.71. The van der Waals surface area contributed by atoms with Gasteiger partial charge in [0.2, 0.25) is 0 Å². The molecule has 0 unspecified atom stereocenters. The van der Waals surface area contributed by atoms with Crippen molar-refractivity contribution < 1.29 is 9.90 Å². The Balaban J connectivity index is 1.93. The standard InChI is InChI=1S/C14H16O2/c1-9-4-3-5-11(10(9)2)13-6-14(7-13,8-13)12(15)16/h3-5H,6-8H2,1-2H3,(H,15,16). The van der Waals surface area contributed by atoms with Gasteiger partial charge in [-0.25, -0.2) is 0 Å². The molecule has 84 valence electrons. The predicted octanol–water partition coefficient (Wildman–Crippen LogP) is 2.81. The molecule has 0 atom stereocenters. The third-order valence-corrected chi connectivity index (χ3v) is 4.66. The molecule has 0 aromatic heterocycles. The van der Waals surface area contributed by atoms with Gasteiger partial charge in [0.15, 0.2) is 0 Å². The van der Waals surface area contributed by atoms with Crippen LogP contribution in [0.3, 0.4) is 0 Å². The molecule has 1 aromatic rings. The molecule has 2 nitrogen and oxygen atoms in total. The Labute approximate surface area is 95.3 Å². The Morgan fingerprint density at radius 3 is 2.44 bits per heavy atom. The lowest BCUT2D eigenvalue weighted by molar-refractivity contribution is -0.194. The van der Waals surface area contributed by atoms with E-state index < -0.39 is 5.97 Å². The number of carbonyl (C=O) groups is 1. The van der Waals surface area contributed by atoms with Crippen LogP contribution in [-0.4, -0.2) is 11.1 Å². The molecule has 3 aliphatic rings. The van der Waals surface area contributed by atoms with Crippen LogP contribution in [0.4, 0.5) is 0 Å². The van der Waals surface area contributed by atoms with Crippen LogP contribution in [0.15, 0.2) is 18.2 Å². The van der Waals surface area contributed by atoms with Gasteiger partial charge in [0.05, 0.1) is 5.41 Å². The number of rotatable bonds is 2. The molecule has 1 N–H and O–H groups in total. The SMILES string of the molecule is Cc1cccc(C23CC(C(=O)O)(C2)C3)c1C. The summed E-state index contributed by atoms with van der Waals surface area (Å²) in [6.07, 6.45) is 2.54. The van der Waals surface area contributed by atoms with Crippen molar-refractivity contribution in [2.75, 3.05) is 0 Å². The fraction of sp³-hybridized carbons (Fsp3) is 0.500. The van der Waals surface area contributed by atoms with Gasteiger partial charge in [0.1, 0.15) is 0 Å². The van der Waals surface area contributed by atoms with Crippen molar-refractivity contribution in [2.45, 2.75) is 38.5 Å². The molecular weight excluding hydrogens is 200 g/mol. The number of carboxylic acid groups (broad SMARTS) is 1. The summed E-state index contributed by atoms with van der Waals surface area (Å²) in [6.45, 7) is 4.27. The highest BCUT2D eigenvalue weighted by molar-refractivity contribution is 5.81. The van der Waals surface area contributed by atoms with E-state index in [-0.39, 0.29) is 10.8 Å². The van der Waals surface area contributed by atoms with E-state index in [9.17, 15) is 4.79 Å². The topological polar surface area (TPSA) is 37.3 Å². The first-order chi connectivity index (χ1) is 7.49. The number of carboxylic acids is 1. The van der Waals surface area contributed by atoms with Gasteiger partial charge in [0.25, 0.3) is 0 Å². The van der Waals surface area contributed by atoms with E-state index in [1.165, 1.54) is 16.7 Å². The fourth-order valence-corrected chi connectivity index (χ4v) is 3.63. The monoisotopic (exact) mass is 216 g/mol. The second kappa shape index (κ2) is 2.68. The van der Waals surface area contributed by atoms with Crippen LogP contribution >= 0.6 is 0 Å². The minimum absolute atomic E-state index is 0.203. The maximum absolute atomic E-state index is 11.1. The molecule has 0 amide bonds. The van der Waals surface area contributed by atoms with E-state index in [4.69, 9.17) is 5.11 Å². The smallest absolute Gasteiger partial charge is 0.309 e. The Kier molecular flexibility index (Phi) is 1.65. The van der Waals surface area contributed by atoms with Crippen molar-refractivity contribution in [2.24, 2.45) is 5.41 Å². The first-order valence-electron chi connectivity index (χ1n) is 5.79. The summed E-state index contributed by atoms with van der Waals surface area (Å²) < 4.78 is 0. The van der Waals surface area contributed by atoms with Gasteiger partial charge < -0.3 is 5.11 Å². The van der Waals surface area contributed by atoms with Crippen molar-refractivity contribution in [3.63, 3.8) is 0 Å². The van der Waals surface area contributed by atoms with Gasteiger partial charge in [-0.05, 0) is 55.2 Å². The zero-order chi connectivity index (χ0) is 11.6. The third kappa shape index (κ3) is 0.952. The predicted molar refractivity (Wildman–Crippen MR) is 61.5 cm³/mol. The van der Waals surface area contributed by atoms with E-state index in [0.29, 0.717) is 0 Å². The lowest BCUT2D eigenvalue weighted by atomic mass is 9.33. The molecule has 0 heterocycles. The van der Waals surface area contributed by atoms with E-state index in [2.05, 4.69) is 32.0 Å². The van der Waals surface area contributed by atoms with Crippen LogP contribution in [-0.2, 0) is 10.2 Å². The van der Waals surface area contributed by atoms with Crippen LogP contribution in [0, 0.1) is 19.3 Å². The molecule has 3 fully saturated rings. The molecule has 2 bridgehead atoms. The first-order valence-corrected chi connectivity index (χ1v) is 5.79. The van der Waals surface area contributed by atoms with Gasteiger partial charge in [0, 0.05) is 0 Å². The number of hydrogen-bond donors (Lipinski definition) is 1. The minimum atomic E-state index is -0.598. The van der Waals surface area contributed by atoms with E-state index in [1.807, 2.05) is 0 Å². The largest absolute Gasteiger partial charge is 0.481 e. The molecule has 0 spiro atoms. The molecule has 0 aliphatic heterocycles. The van der Waals surface area contributed by atoms with Gasteiger partial charge in [-0.3, -0.25) is 4.79 Å². The summed E-state index contributed by atoms with van der Waals surface area (Å²) in [7, 11) is 0. The maximum atomic E-state index is 11.1. The van der Waals surface area contributed by atoms with E-state index >= 15 is 0 Å². The van der Waals surface area contributed by atoms with Gasteiger partial charge in [-0.1, -0.05) is 18.2 Å². The van der Waals surface area contributed by atoms with E-state index in [1.54, 1.807) is 0 Å². The van der Waals surface area contributed by atoms with Gasteiger partial charge in [-0.15, -0.1) is 0 Å². The van der Waals surface area contributed by atoms with Gasteiger partial charge >= 0.3 is 5.97 Å². The maximum Gasteiger partial charge on any atom is 0.309 e. The number of aliphatic carboxylic acids is 1. The summed E-state index contributed by atoms with van der Waals surface area (Å²) in [5.74, 6) is -0.598. The molecule has 4 rings (SSSR count). The van der Waals surface area contributed by atoms with Crippen LogP contribution in [0.5, 0.6) is 0 Å². The normalized spacial score (nSPS) is 35.1. The summed E-state index contributed by atoms with van der Waals surface area (Å²) in [4.78, 5) is 11.1. The molecular formula is C14H16O2. The Morgan fingerprint density at radius 1 is 1.25 bits per heavy atom. The average molecular weight is 216 g/mol. The Morgan fingerprint density at radius 2 is 1.88 bits per heavy atom. The summed E-state index contributed by atoms with van der Waals surface area (Å²) in [6, 6.07) is 6.38. The lowest BCUT2D eigenvalue weighted by Gasteiger charge is -2.68. The molecule has 1 aromatic carbocycles. The van der Waals surface area contributed by atoms with Crippen molar-refractivity contribution in [1.29, 1.82) is 0 Å². The number of benzene rings is 1. The molecule has 16 heavy (non-hydrogen) atoms. The van der Waals surface area contributed by atoms with Crippen LogP contribution in [0.2, 0.25) is 0 Å². The third-order valence-electron chi connectivity index (χ3n) is 4.66. The van der Waals surface area contributed by atoms with Crippen molar-refractivity contribution in [1.82, 2.24) is 0 Å². The highest BCUT2D eigenvalue weighted by Crippen LogP contribution is 2.74. The molecule has 0 radical (unpaired) electrons. The summed E-state index contributed by atoms with van der Waals surface area (Å²) in [5.41, 5.74) is 3.88. The molecule has 2 heteroatoms. The summed E-state index contributed by atoms with van der Waals surface area (Å²) >= 11 is 0.